The molecule has 2 rings (SSSR count). The minimum Gasteiger partial charge on any atom is -0.337 e. The highest BCUT2D eigenvalue weighted by Crippen LogP contribution is 2.24. The number of aryl methyl sites for hydroxylation is 1. The second-order valence-electron chi connectivity index (χ2n) is 4.43. The van der Waals surface area contributed by atoms with Gasteiger partial charge in [-0.3, -0.25) is 0 Å². The Hall–Kier alpha value is -0.480. The summed E-state index contributed by atoms with van der Waals surface area (Å²) in [6.07, 6.45) is 9.66. The highest BCUT2D eigenvalue weighted by Gasteiger charge is 2.20. The third-order valence-corrected chi connectivity index (χ3v) is 4.54. The van der Waals surface area contributed by atoms with Crippen LogP contribution >= 0.6 is 11.8 Å². The van der Waals surface area contributed by atoms with E-state index in [1.54, 1.807) is 0 Å². The quantitative estimate of drug-likeness (QED) is 0.799. The Bertz CT molecular complexity index is 286. The minimum absolute atomic E-state index is 0.724. The Labute approximate surface area is 102 Å². The van der Waals surface area contributed by atoms with Gasteiger partial charge in [0.15, 0.2) is 0 Å². The second-order valence-corrected chi connectivity index (χ2v) is 5.92. The van der Waals surface area contributed by atoms with Crippen molar-refractivity contribution >= 4 is 11.8 Å². The van der Waals surface area contributed by atoms with E-state index in [4.69, 9.17) is 0 Å². The molecule has 0 aromatic carbocycles. The fourth-order valence-corrected chi connectivity index (χ4v) is 3.33. The smallest absolute Gasteiger partial charge is 0.0945 e. The van der Waals surface area contributed by atoms with Crippen molar-refractivity contribution in [2.24, 2.45) is 0 Å². The first kappa shape index (κ1) is 12.0. The first-order valence-electron chi connectivity index (χ1n) is 6.17. The Morgan fingerprint density at radius 2 is 2.50 bits per heavy atom. The van der Waals surface area contributed by atoms with Crippen molar-refractivity contribution in [3.63, 3.8) is 0 Å². The summed E-state index contributed by atoms with van der Waals surface area (Å²) < 4.78 is 2.14. The molecule has 1 saturated heterocycles. The molecule has 2 unspecified atom stereocenters. The molecule has 90 valence electrons. The molecule has 0 bridgehead atoms. The third kappa shape index (κ3) is 3.52. The van der Waals surface area contributed by atoms with Crippen LogP contribution in [0.2, 0.25) is 0 Å². The first-order chi connectivity index (χ1) is 7.86. The van der Waals surface area contributed by atoms with Crippen molar-refractivity contribution in [2.75, 3.05) is 12.3 Å². The van der Waals surface area contributed by atoms with Gasteiger partial charge in [0.2, 0.25) is 0 Å². The summed E-state index contributed by atoms with van der Waals surface area (Å²) in [6, 6.07) is 0.724. The summed E-state index contributed by atoms with van der Waals surface area (Å²) in [4.78, 5) is 4.04. The van der Waals surface area contributed by atoms with Gasteiger partial charge in [-0.2, -0.15) is 11.8 Å². The average Bonchev–Trinajstić information content (AvgIpc) is 2.79. The zero-order valence-corrected chi connectivity index (χ0v) is 10.7. The molecule has 0 radical (unpaired) electrons. The van der Waals surface area contributed by atoms with E-state index in [0.717, 1.165) is 24.4 Å². The van der Waals surface area contributed by atoms with Gasteiger partial charge in [-0.15, -0.1) is 0 Å². The zero-order valence-electron chi connectivity index (χ0n) is 9.93. The molecular weight excluding hydrogens is 218 g/mol. The summed E-state index contributed by atoms with van der Waals surface area (Å²) in [6.45, 7) is 4.53. The van der Waals surface area contributed by atoms with E-state index < -0.39 is 0 Å². The monoisotopic (exact) mass is 239 g/mol. The lowest BCUT2D eigenvalue weighted by Crippen LogP contribution is -2.39. The van der Waals surface area contributed by atoms with Gasteiger partial charge in [-0.25, -0.2) is 4.98 Å². The first-order valence-corrected chi connectivity index (χ1v) is 7.22. The van der Waals surface area contributed by atoms with E-state index in [-0.39, 0.29) is 0 Å². The number of nitrogens with zero attached hydrogens (tertiary/aromatic N) is 2. The maximum absolute atomic E-state index is 4.04. The zero-order chi connectivity index (χ0) is 11.2. The Morgan fingerprint density at radius 1 is 1.56 bits per heavy atom. The molecule has 16 heavy (non-hydrogen) atoms. The second kappa shape index (κ2) is 6.30. The van der Waals surface area contributed by atoms with E-state index in [9.17, 15) is 0 Å². The van der Waals surface area contributed by atoms with Gasteiger partial charge in [-0.05, 0) is 31.6 Å². The predicted octanol–water partition coefficient (Wildman–Crippen LogP) is 2.15. The van der Waals surface area contributed by atoms with Crippen LogP contribution in [0.1, 0.15) is 26.2 Å². The molecule has 1 aromatic rings. The maximum Gasteiger partial charge on any atom is 0.0945 e. The predicted molar refractivity (Wildman–Crippen MR) is 69.8 cm³/mol. The molecule has 1 aliphatic heterocycles. The van der Waals surface area contributed by atoms with Gasteiger partial charge in [0.25, 0.3) is 0 Å². The van der Waals surface area contributed by atoms with E-state index >= 15 is 0 Å². The molecule has 3 nitrogen and oxygen atoms in total. The fourth-order valence-electron chi connectivity index (χ4n) is 2.16. The number of hydrogen-bond donors (Lipinski definition) is 1. The standard InChI is InChI=1S/C12H21N3S/c1-11-12(4-2-9-16-11)14-5-3-7-15-8-6-13-10-15/h6,8,10-12,14H,2-5,7,9H2,1H3. The van der Waals surface area contributed by atoms with Crippen LogP contribution in [-0.4, -0.2) is 33.1 Å². The highest BCUT2D eigenvalue weighted by atomic mass is 32.2. The van der Waals surface area contributed by atoms with Crippen LogP contribution < -0.4 is 5.32 Å². The fraction of sp³-hybridized carbons (Fsp3) is 0.750. The van der Waals surface area contributed by atoms with Gasteiger partial charge in [-0.1, -0.05) is 6.92 Å². The summed E-state index contributed by atoms with van der Waals surface area (Å²) in [7, 11) is 0. The van der Waals surface area contributed by atoms with Crippen molar-refractivity contribution in [2.45, 2.75) is 44.0 Å². The Kier molecular flexibility index (Phi) is 4.72. The largest absolute Gasteiger partial charge is 0.337 e. The lowest BCUT2D eigenvalue weighted by Gasteiger charge is -2.29. The van der Waals surface area contributed by atoms with Gasteiger partial charge in [0, 0.05) is 30.2 Å². The molecule has 1 aromatic heterocycles. The Balaban J connectivity index is 1.60. The Morgan fingerprint density at radius 3 is 3.25 bits per heavy atom. The molecule has 0 saturated carbocycles. The van der Waals surface area contributed by atoms with Gasteiger partial charge in [0.05, 0.1) is 6.33 Å². The maximum atomic E-state index is 4.04. The van der Waals surface area contributed by atoms with E-state index in [1.807, 2.05) is 18.7 Å². The van der Waals surface area contributed by atoms with Crippen molar-refractivity contribution in [3.05, 3.63) is 18.7 Å². The number of imidazole rings is 1. The highest BCUT2D eigenvalue weighted by molar-refractivity contribution is 7.99. The number of aromatic nitrogens is 2. The van der Waals surface area contributed by atoms with Crippen LogP contribution in [-0.2, 0) is 6.54 Å². The molecule has 0 aliphatic carbocycles. The van der Waals surface area contributed by atoms with Crippen molar-refractivity contribution in [1.29, 1.82) is 0 Å². The van der Waals surface area contributed by atoms with Crippen LogP contribution in [0, 0.1) is 0 Å². The van der Waals surface area contributed by atoms with Crippen LogP contribution in [0.5, 0.6) is 0 Å². The summed E-state index contributed by atoms with van der Waals surface area (Å²) in [5.74, 6) is 1.34. The van der Waals surface area contributed by atoms with E-state index in [2.05, 4.69) is 33.6 Å². The van der Waals surface area contributed by atoms with Crippen LogP contribution in [0.3, 0.4) is 0 Å². The summed E-state index contributed by atoms with van der Waals surface area (Å²) in [5.41, 5.74) is 0. The lowest BCUT2D eigenvalue weighted by atomic mass is 10.1. The average molecular weight is 239 g/mol. The van der Waals surface area contributed by atoms with E-state index in [0.29, 0.717) is 0 Å². The number of nitrogens with one attached hydrogen (secondary N) is 1. The molecule has 4 heteroatoms. The van der Waals surface area contributed by atoms with Crippen molar-refractivity contribution in [3.8, 4) is 0 Å². The third-order valence-electron chi connectivity index (χ3n) is 3.17. The van der Waals surface area contributed by atoms with E-state index in [1.165, 1.54) is 25.0 Å². The van der Waals surface area contributed by atoms with Gasteiger partial charge in [0.1, 0.15) is 0 Å². The molecule has 2 heterocycles. The number of hydrogen-bond acceptors (Lipinski definition) is 3. The molecule has 1 aliphatic rings. The van der Waals surface area contributed by atoms with Crippen LogP contribution in [0.4, 0.5) is 0 Å². The molecular formula is C12H21N3S. The molecule has 1 N–H and O–H groups in total. The number of thioether (sulfide) groups is 1. The topological polar surface area (TPSA) is 29.9 Å². The molecule has 1 fully saturated rings. The van der Waals surface area contributed by atoms with Crippen molar-refractivity contribution in [1.82, 2.24) is 14.9 Å². The van der Waals surface area contributed by atoms with Gasteiger partial charge < -0.3 is 9.88 Å². The molecule has 2 atom stereocenters. The van der Waals surface area contributed by atoms with Crippen LogP contribution in [0.15, 0.2) is 18.7 Å². The minimum atomic E-state index is 0.724. The summed E-state index contributed by atoms with van der Waals surface area (Å²) >= 11 is 2.10. The number of rotatable bonds is 5. The SMILES string of the molecule is CC1SCCCC1NCCCn1ccnc1. The normalized spacial score (nSPS) is 25.8. The lowest BCUT2D eigenvalue weighted by molar-refractivity contribution is 0.448. The molecule has 0 amide bonds. The molecule has 0 spiro atoms. The van der Waals surface area contributed by atoms with Gasteiger partial charge >= 0.3 is 0 Å². The van der Waals surface area contributed by atoms with Crippen molar-refractivity contribution < 1.29 is 0 Å². The van der Waals surface area contributed by atoms with Crippen LogP contribution in [0.25, 0.3) is 0 Å². The summed E-state index contributed by atoms with van der Waals surface area (Å²) in [5, 5.41) is 4.46.